The van der Waals surface area contributed by atoms with Gasteiger partial charge in [0.15, 0.2) is 0 Å². The van der Waals surface area contributed by atoms with Crippen molar-refractivity contribution in [2.45, 2.75) is 25.1 Å². The molecule has 0 bridgehead atoms. The minimum absolute atomic E-state index is 0.267. The van der Waals surface area contributed by atoms with Crippen LogP contribution in [-0.4, -0.2) is 11.3 Å². The van der Waals surface area contributed by atoms with Crippen molar-refractivity contribution in [1.82, 2.24) is 0 Å². The van der Waals surface area contributed by atoms with Gasteiger partial charge in [-0.1, -0.05) is 0 Å². The van der Waals surface area contributed by atoms with Gasteiger partial charge in [0.1, 0.15) is 0 Å². The van der Waals surface area contributed by atoms with Gasteiger partial charge in [0.25, 0.3) is 0 Å². The Morgan fingerprint density at radius 2 is 2.06 bits per heavy atom. The van der Waals surface area contributed by atoms with Crippen LogP contribution in [0.25, 0.3) is 9.40 Å². The van der Waals surface area contributed by atoms with Crippen LogP contribution in [-0.2, 0) is 0 Å². The zero-order valence-electron chi connectivity index (χ0n) is 8.12. The lowest BCUT2D eigenvalue weighted by molar-refractivity contribution is -0.140. The molecule has 0 amide bonds. The molecule has 0 aliphatic heterocycles. The van der Waals surface area contributed by atoms with E-state index in [0.29, 0.717) is 4.88 Å². The molecule has 1 nitrogen and oxygen atoms in total. The summed E-state index contributed by atoms with van der Waals surface area (Å²) in [4.78, 5) is 0.617. The third-order valence-electron chi connectivity index (χ3n) is 2.19. The minimum atomic E-state index is -4.20. The van der Waals surface area contributed by atoms with Crippen LogP contribution in [0.2, 0.25) is 0 Å². The van der Waals surface area contributed by atoms with Crippen molar-refractivity contribution >= 4 is 32.1 Å². The summed E-state index contributed by atoms with van der Waals surface area (Å²) in [5.41, 5.74) is 0. The molecule has 0 fully saturated rings. The summed E-state index contributed by atoms with van der Waals surface area (Å²) in [7, 11) is 0. The number of alkyl halides is 3. The van der Waals surface area contributed by atoms with E-state index in [2.05, 4.69) is 0 Å². The third kappa shape index (κ3) is 2.75. The predicted molar refractivity (Wildman–Crippen MR) is 60.0 cm³/mol. The summed E-state index contributed by atoms with van der Waals surface area (Å²) in [5, 5.41) is 11.5. The van der Waals surface area contributed by atoms with E-state index in [-0.39, 0.29) is 6.42 Å². The summed E-state index contributed by atoms with van der Waals surface area (Å²) in [5.74, 6) is 0. The molecule has 0 aliphatic carbocycles. The first kappa shape index (κ1) is 11.9. The van der Waals surface area contributed by atoms with Crippen molar-refractivity contribution in [1.29, 1.82) is 0 Å². The lowest BCUT2D eigenvalue weighted by atomic mass is 10.1. The zero-order valence-corrected chi connectivity index (χ0v) is 9.75. The highest BCUT2D eigenvalue weighted by atomic mass is 32.1. The first-order valence-electron chi connectivity index (χ1n) is 4.67. The van der Waals surface area contributed by atoms with Crippen LogP contribution in [0.5, 0.6) is 0 Å². The average molecular weight is 266 g/mol. The molecule has 6 heteroatoms. The Kier molecular flexibility index (Phi) is 3.23. The van der Waals surface area contributed by atoms with E-state index in [0.717, 1.165) is 9.40 Å². The van der Waals surface area contributed by atoms with E-state index in [9.17, 15) is 18.3 Å². The molecule has 0 radical (unpaired) electrons. The molecule has 0 saturated heterocycles. The predicted octanol–water partition coefficient (Wildman–Crippen LogP) is 4.34. The van der Waals surface area contributed by atoms with Gasteiger partial charge in [0.2, 0.25) is 0 Å². The number of hydrogen-bond acceptors (Lipinski definition) is 3. The monoisotopic (exact) mass is 266 g/mol. The fourth-order valence-corrected chi connectivity index (χ4v) is 3.53. The van der Waals surface area contributed by atoms with E-state index in [1.807, 2.05) is 11.4 Å². The SMILES string of the molecule is OC(CCC(F)(F)F)c1cc2sccc2s1. The van der Waals surface area contributed by atoms with E-state index >= 15 is 0 Å². The first-order chi connectivity index (χ1) is 7.46. The Balaban J connectivity index is 2.04. The quantitative estimate of drug-likeness (QED) is 0.876. The van der Waals surface area contributed by atoms with Crippen LogP contribution in [0.15, 0.2) is 17.5 Å². The Hall–Kier alpha value is -0.590. The van der Waals surface area contributed by atoms with Gasteiger partial charge in [0, 0.05) is 20.7 Å². The van der Waals surface area contributed by atoms with Crippen molar-refractivity contribution in [3.63, 3.8) is 0 Å². The molecule has 1 unspecified atom stereocenters. The molecule has 0 aliphatic rings. The molecule has 16 heavy (non-hydrogen) atoms. The van der Waals surface area contributed by atoms with Gasteiger partial charge in [-0.15, -0.1) is 22.7 Å². The fourth-order valence-electron chi connectivity index (χ4n) is 1.39. The van der Waals surface area contributed by atoms with Gasteiger partial charge in [-0.05, 0) is 23.9 Å². The molecule has 88 valence electrons. The maximum Gasteiger partial charge on any atom is 0.389 e. The smallest absolute Gasteiger partial charge is 0.388 e. The molecule has 0 spiro atoms. The lowest BCUT2D eigenvalue weighted by Crippen LogP contribution is -2.09. The van der Waals surface area contributed by atoms with E-state index in [4.69, 9.17) is 0 Å². The standard InChI is InChI=1S/C10H9F3OS2/c11-10(12,13)3-1-6(14)8-5-9-7(16-8)2-4-15-9/h2,4-6,14H,1,3H2. The molecule has 2 aromatic rings. The number of thiophene rings is 2. The molecular weight excluding hydrogens is 257 g/mol. The molecule has 2 aromatic heterocycles. The number of rotatable bonds is 3. The number of aliphatic hydroxyl groups excluding tert-OH is 1. The van der Waals surface area contributed by atoms with E-state index < -0.39 is 18.7 Å². The third-order valence-corrected chi connectivity index (χ3v) is 4.38. The number of aliphatic hydroxyl groups is 1. The van der Waals surface area contributed by atoms with Gasteiger partial charge in [0.05, 0.1) is 6.10 Å². The molecule has 2 rings (SSSR count). The maximum absolute atomic E-state index is 12.0. The second kappa shape index (κ2) is 4.35. The topological polar surface area (TPSA) is 20.2 Å². The molecular formula is C10H9F3OS2. The van der Waals surface area contributed by atoms with Crippen LogP contribution < -0.4 is 0 Å². The summed E-state index contributed by atoms with van der Waals surface area (Å²) < 4.78 is 38.0. The summed E-state index contributed by atoms with van der Waals surface area (Å²) in [6.45, 7) is 0. The molecule has 1 atom stereocenters. The first-order valence-corrected chi connectivity index (χ1v) is 6.37. The second-order valence-corrected chi connectivity index (χ2v) is 5.53. The second-order valence-electron chi connectivity index (χ2n) is 3.47. The normalized spacial score (nSPS) is 14.5. The average Bonchev–Trinajstić information content (AvgIpc) is 2.71. The van der Waals surface area contributed by atoms with Gasteiger partial charge in [-0.2, -0.15) is 13.2 Å². The van der Waals surface area contributed by atoms with Crippen LogP contribution in [0, 0.1) is 0 Å². The Labute approximate surface area is 98.1 Å². The van der Waals surface area contributed by atoms with Gasteiger partial charge >= 0.3 is 6.18 Å². The van der Waals surface area contributed by atoms with Crippen molar-refractivity contribution < 1.29 is 18.3 Å². The minimum Gasteiger partial charge on any atom is -0.388 e. The molecule has 1 N–H and O–H groups in total. The molecule has 2 heterocycles. The van der Waals surface area contributed by atoms with E-state index in [1.165, 1.54) is 22.7 Å². The van der Waals surface area contributed by atoms with Crippen molar-refractivity contribution in [2.24, 2.45) is 0 Å². The van der Waals surface area contributed by atoms with Crippen LogP contribution in [0.4, 0.5) is 13.2 Å². The van der Waals surface area contributed by atoms with Gasteiger partial charge in [-0.25, -0.2) is 0 Å². The van der Waals surface area contributed by atoms with Gasteiger partial charge < -0.3 is 5.11 Å². The highest BCUT2D eigenvalue weighted by Gasteiger charge is 2.28. The lowest BCUT2D eigenvalue weighted by Gasteiger charge is -2.10. The van der Waals surface area contributed by atoms with E-state index in [1.54, 1.807) is 6.07 Å². The highest BCUT2D eigenvalue weighted by Crippen LogP contribution is 2.36. The number of halogens is 3. The Bertz CT molecular complexity index is 443. The Morgan fingerprint density at radius 3 is 2.69 bits per heavy atom. The largest absolute Gasteiger partial charge is 0.389 e. The number of hydrogen-bond donors (Lipinski definition) is 1. The number of fused-ring (bicyclic) bond motifs is 1. The van der Waals surface area contributed by atoms with Crippen molar-refractivity contribution in [3.8, 4) is 0 Å². The van der Waals surface area contributed by atoms with Crippen LogP contribution in [0.1, 0.15) is 23.8 Å². The zero-order chi connectivity index (χ0) is 11.8. The highest BCUT2D eigenvalue weighted by molar-refractivity contribution is 7.26. The van der Waals surface area contributed by atoms with Crippen molar-refractivity contribution in [2.75, 3.05) is 0 Å². The van der Waals surface area contributed by atoms with Gasteiger partial charge in [-0.3, -0.25) is 0 Å². The molecule has 0 aromatic carbocycles. The summed E-state index contributed by atoms with van der Waals surface area (Å²) >= 11 is 2.88. The Morgan fingerprint density at radius 1 is 1.31 bits per heavy atom. The van der Waals surface area contributed by atoms with Crippen LogP contribution in [0.3, 0.4) is 0 Å². The fraction of sp³-hybridized carbons (Fsp3) is 0.400. The summed E-state index contributed by atoms with van der Waals surface area (Å²) in [6, 6.07) is 3.68. The van der Waals surface area contributed by atoms with Crippen molar-refractivity contribution in [3.05, 3.63) is 22.4 Å². The maximum atomic E-state index is 12.0. The summed E-state index contributed by atoms with van der Waals surface area (Å²) in [6.07, 6.45) is -6.42. The molecule has 0 saturated carbocycles. The van der Waals surface area contributed by atoms with Crippen LogP contribution >= 0.6 is 22.7 Å².